The van der Waals surface area contributed by atoms with Gasteiger partial charge in [-0.15, -0.1) is 0 Å². The molecular weight excluding hydrogens is 224 g/mol. The molecule has 0 amide bonds. The summed E-state index contributed by atoms with van der Waals surface area (Å²) in [6.45, 7) is 4.21. The second kappa shape index (κ2) is 4.75. The third-order valence-electron chi connectivity index (χ3n) is 3.89. The Bertz CT molecular complexity index is 501. The normalized spacial score (nSPS) is 25.7. The first-order chi connectivity index (χ1) is 8.72. The van der Waals surface area contributed by atoms with E-state index in [2.05, 4.69) is 24.0 Å². The van der Waals surface area contributed by atoms with E-state index in [9.17, 15) is 0 Å². The predicted molar refractivity (Wildman–Crippen MR) is 73.3 cm³/mol. The smallest absolute Gasteiger partial charge is 0.134 e. The Morgan fingerprint density at radius 3 is 3.00 bits per heavy atom. The fourth-order valence-corrected chi connectivity index (χ4v) is 2.81. The van der Waals surface area contributed by atoms with Crippen LogP contribution in [-0.2, 0) is 6.54 Å². The maximum Gasteiger partial charge on any atom is 0.134 e. The number of likely N-dealkylation sites (tertiary alicyclic amines) is 1. The van der Waals surface area contributed by atoms with E-state index in [-0.39, 0.29) is 0 Å². The third kappa shape index (κ3) is 2.28. The van der Waals surface area contributed by atoms with E-state index < -0.39 is 0 Å². The van der Waals surface area contributed by atoms with E-state index in [1.165, 1.54) is 5.39 Å². The molecule has 1 aliphatic heterocycles. The summed E-state index contributed by atoms with van der Waals surface area (Å²) in [5, 5.41) is 1.19. The van der Waals surface area contributed by atoms with Crippen LogP contribution in [-0.4, -0.2) is 23.5 Å². The Hall–Kier alpha value is -1.32. The Balaban J connectivity index is 1.75. The maximum atomic E-state index is 5.99. The van der Waals surface area contributed by atoms with Crippen LogP contribution in [0.1, 0.15) is 25.5 Å². The number of nitrogens with zero attached hydrogens (tertiary/aromatic N) is 1. The molecule has 0 spiro atoms. The molecule has 2 aromatic rings. The maximum absolute atomic E-state index is 5.99. The molecule has 1 fully saturated rings. The molecule has 2 atom stereocenters. The fourth-order valence-electron chi connectivity index (χ4n) is 2.81. The lowest BCUT2D eigenvalue weighted by molar-refractivity contribution is 0.131. The standard InChI is InChI=1S/C15H20N2O/c1-11-8-13(16)6-7-17(11)10-14-9-12-4-2-3-5-15(12)18-14/h2-5,9,11,13H,6-8,10,16H2,1H3. The van der Waals surface area contributed by atoms with Crippen LogP contribution in [0.25, 0.3) is 11.0 Å². The van der Waals surface area contributed by atoms with Gasteiger partial charge in [-0.3, -0.25) is 4.90 Å². The predicted octanol–water partition coefficient (Wildman–Crippen LogP) is 2.74. The van der Waals surface area contributed by atoms with Crippen molar-refractivity contribution in [3.8, 4) is 0 Å². The molecule has 3 heteroatoms. The summed E-state index contributed by atoms with van der Waals surface area (Å²) in [5.74, 6) is 1.05. The fraction of sp³-hybridized carbons (Fsp3) is 0.467. The highest BCUT2D eigenvalue weighted by atomic mass is 16.3. The van der Waals surface area contributed by atoms with Crippen molar-refractivity contribution in [3.63, 3.8) is 0 Å². The summed E-state index contributed by atoms with van der Waals surface area (Å²) >= 11 is 0. The van der Waals surface area contributed by atoms with Gasteiger partial charge in [0, 0.05) is 24.0 Å². The van der Waals surface area contributed by atoms with Gasteiger partial charge in [0.2, 0.25) is 0 Å². The van der Waals surface area contributed by atoms with Gasteiger partial charge in [0.1, 0.15) is 11.3 Å². The lowest BCUT2D eigenvalue weighted by Gasteiger charge is -2.35. The lowest BCUT2D eigenvalue weighted by atomic mass is 9.99. The Labute approximate surface area is 108 Å². The summed E-state index contributed by atoms with van der Waals surface area (Å²) in [7, 11) is 0. The summed E-state index contributed by atoms with van der Waals surface area (Å²) in [6.07, 6.45) is 2.17. The Kier molecular flexibility index (Phi) is 3.10. The van der Waals surface area contributed by atoms with E-state index >= 15 is 0 Å². The second-order valence-electron chi connectivity index (χ2n) is 5.35. The summed E-state index contributed by atoms with van der Waals surface area (Å²) in [6, 6.07) is 11.2. The van der Waals surface area contributed by atoms with Crippen LogP contribution in [0.5, 0.6) is 0 Å². The zero-order valence-corrected chi connectivity index (χ0v) is 10.8. The van der Waals surface area contributed by atoms with Gasteiger partial charge in [-0.25, -0.2) is 0 Å². The van der Waals surface area contributed by atoms with Crippen molar-refractivity contribution >= 4 is 11.0 Å². The third-order valence-corrected chi connectivity index (χ3v) is 3.89. The van der Waals surface area contributed by atoms with Crippen molar-refractivity contribution in [1.82, 2.24) is 4.90 Å². The average molecular weight is 244 g/mol. The molecule has 3 nitrogen and oxygen atoms in total. The minimum atomic E-state index is 0.368. The summed E-state index contributed by atoms with van der Waals surface area (Å²) in [5.41, 5.74) is 6.97. The zero-order valence-electron chi connectivity index (χ0n) is 10.8. The number of hydrogen-bond acceptors (Lipinski definition) is 3. The number of hydrogen-bond donors (Lipinski definition) is 1. The molecule has 1 saturated heterocycles. The van der Waals surface area contributed by atoms with Gasteiger partial charge in [0.15, 0.2) is 0 Å². The minimum absolute atomic E-state index is 0.368. The van der Waals surface area contributed by atoms with Crippen LogP contribution >= 0.6 is 0 Å². The van der Waals surface area contributed by atoms with Crippen molar-refractivity contribution in [2.75, 3.05) is 6.54 Å². The molecular formula is C15H20N2O. The molecule has 18 heavy (non-hydrogen) atoms. The van der Waals surface area contributed by atoms with E-state index in [4.69, 9.17) is 10.2 Å². The Morgan fingerprint density at radius 2 is 2.22 bits per heavy atom. The van der Waals surface area contributed by atoms with Gasteiger partial charge >= 0.3 is 0 Å². The molecule has 1 aliphatic rings. The van der Waals surface area contributed by atoms with Crippen LogP contribution < -0.4 is 5.73 Å². The first-order valence-corrected chi connectivity index (χ1v) is 6.69. The highest BCUT2D eigenvalue weighted by Gasteiger charge is 2.23. The molecule has 1 aromatic heterocycles. The largest absolute Gasteiger partial charge is 0.460 e. The van der Waals surface area contributed by atoms with Crippen molar-refractivity contribution in [2.45, 2.75) is 38.4 Å². The topological polar surface area (TPSA) is 42.4 Å². The second-order valence-corrected chi connectivity index (χ2v) is 5.35. The van der Waals surface area contributed by atoms with E-state index in [0.29, 0.717) is 12.1 Å². The van der Waals surface area contributed by atoms with Gasteiger partial charge in [0.25, 0.3) is 0 Å². The number of benzene rings is 1. The van der Waals surface area contributed by atoms with Gasteiger partial charge in [0.05, 0.1) is 6.54 Å². The van der Waals surface area contributed by atoms with Crippen molar-refractivity contribution in [1.29, 1.82) is 0 Å². The number of rotatable bonds is 2. The summed E-state index contributed by atoms with van der Waals surface area (Å²) < 4.78 is 5.87. The highest BCUT2D eigenvalue weighted by molar-refractivity contribution is 5.77. The molecule has 96 valence electrons. The average Bonchev–Trinajstić information content (AvgIpc) is 2.75. The van der Waals surface area contributed by atoms with Crippen LogP contribution in [0.15, 0.2) is 34.7 Å². The number of para-hydroxylation sites is 1. The van der Waals surface area contributed by atoms with Gasteiger partial charge in [-0.1, -0.05) is 18.2 Å². The molecule has 2 heterocycles. The Morgan fingerprint density at radius 1 is 1.39 bits per heavy atom. The first-order valence-electron chi connectivity index (χ1n) is 6.69. The van der Waals surface area contributed by atoms with E-state index in [0.717, 1.165) is 37.3 Å². The van der Waals surface area contributed by atoms with Crippen LogP contribution in [0.4, 0.5) is 0 Å². The van der Waals surface area contributed by atoms with Crippen molar-refractivity contribution in [3.05, 3.63) is 36.1 Å². The molecule has 0 radical (unpaired) electrons. The number of furan rings is 1. The van der Waals surface area contributed by atoms with Crippen LogP contribution in [0, 0.1) is 0 Å². The van der Waals surface area contributed by atoms with E-state index in [1.807, 2.05) is 18.2 Å². The van der Waals surface area contributed by atoms with Crippen molar-refractivity contribution < 1.29 is 4.42 Å². The monoisotopic (exact) mass is 244 g/mol. The molecule has 1 aromatic carbocycles. The molecule has 2 N–H and O–H groups in total. The molecule has 0 saturated carbocycles. The lowest BCUT2D eigenvalue weighted by Crippen LogP contribution is -2.44. The zero-order chi connectivity index (χ0) is 12.5. The van der Waals surface area contributed by atoms with Gasteiger partial charge in [-0.2, -0.15) is 0 Å². The van der Waals surface area contributed by atoms with E-state index in [1.54, 1.807) is 0 Å². The molecule has 0 aliphatic carbocycles. The minimum Gasteiger partial charge on any atom is -0.460 e. The SMILES string of the molecule is CC1CC(N)CCN1Cc1cc2ccccc2o1. The number of piperidine rings is 1. The van der Waals surface area contributed by atoms with Gasteiger partial charge in [-0.05, 0) is 31.9 Å². The highest BCUT2D eigenvalue weighted by Crippen LogP contribution is 2.23. The molecule has 3 rings (SSSR count). The molecule has 2 unspecified atom stereocenters. The van der Waals surface area contributed by atoms with Gasteiger partial charge < -0.3 is 10.2 Å². The van der Waals surface area contributed by atoms with Crippen LogP contribution in [0.3, 0.4) is 0 Å². The summed E-state index contributed by atoms with van der Waals surface area (Å²) in [4.78, 5) is 2.46. The number of nitrogens with two attached hydrogens (primary N) is 1. The quantitative estimate of drug-likeness (QED) is 0.883. The van der Waals surface area contributed by atoms with Crippen molar-refractivity contribution in [2.24, 2.45) is 5.73 Å². The van der Waals surface area contributed by atoms with Crippen LogP contribution in [0.2, 0.25) is 0 Å². The molecule has 0 bridgehead atoms. The first kappa shape index (κ1) is 11.8. The number of fused-ring (bicyclic) bond motifs is 1.